The molecular weight excluding hydrogens is 220 g/mol. The summed E-state index contributed by atoms with van der Waals surface area (Å²) >= 11 is 0. The van der Waals surface area contributed by atoms with Gasteiger partial charge in [-0.25, -0.2) is 0 Å². The molecule has 0 aliphatic carbocycles. The maximum Gasteiger partial charge on any atom is 0.322 e. The van der Waals surface area contributed by atoms with Crippen LogP contribution < -0.4 is 14.8 Å². The maximum absolute atomic E-state index is 10.9. The van der Waals surface area contributed by atoms with Gasteiger partial charge in [0.25, 0.3) is 0 Å². The molecule has 0 aromatic heterocycles. The Bertz CT molecular complexity index is 491. The fourth-order valence-corrected chi connectivity index (χ4v) is 1.64. The van der Waals surface area contributed by atoms with Gasteiger partial charge in [-0.3, -0.25) is 4.79 Å². The number of ether oxygens (including phenoxy) is 2. The van der Waals surface area contributed by atoms with Crippen LogP contribution in [-0.4, -0.2) is 19.1 Å². The Balaban J connectivity index is 2.17. The molecule has 17 heavy (non-hydrogen) atoms. The molecule has 1 heterocycles. The molecule has 0 fully saturated rings. The van der Waals surface area contributed by atoms with Gasteiger partial charge < -0.3 is 14.8 Å². The molecule has 0 saturated heterocycles. The zero-order chi connectivity index (χ0) is 12.3. The van der Waals surface area contributed by atoms with Crippen LogP contribution in [0.1, 0.15) is 11.1 Å². The largest absolute Gasteiger partial charge is 0.486 e. The second-order valence-corrected chi connectivity index (χ2v) is 3.72. The van der Waals surface area contributed by atoms with Crippen LogP contribution in [0.2, 0.25) is 0 Å². The van der Waals surface area contributed by atoms with Crippen molar-refractivity contribution in [2.75, 3.05) is 13.2 Å². The van der Waals surface area contributed by atoms with Crippen LogP contribution in [0.25, 0.3) is 0 Å². The van der Waals surface area contributed by atoms with E-state index in [1.54, 1.807) is 0 Å². The summed E-state index contributed by atoms with van der Waals surface area (Å²) in [6.45, 7) is 3.32. The fraction of sp³-hybridized carbons (Fsp3) is 0.333. The van der Waals surface area contributed by atoms with E-state index in [4.69, 9.17) is 14.7 Å². The van der Waals surface area contributed by atoms with Gasteiger partial charge in [0.1, 0.15) is 13.2 Å². The number of aryl methyl sites for hydroxylation is 1. The van der Waals surface area contributed by atoms with Crippen LogP contribution in [0.5, 0.6) is 11.5 Å². The zero-order valence-corrected chi connectivity index (χ0v) is 9.45. The Morgan fingerprint density at radius 3 is 2.71 bits per heavy atom. The van der Waals surface area contributed by atoms with Crippen LogP contribution in [0.3, 0.4) is 0 Å². The summed E-state index contributed by atoms with van der Waals surface area (Å²) in [6.07, 6.45) is 0. The van der Waals surface area contributed by atoms with Crippen molar-refractivity contribution >= 4 is 5.91 Å². The molecule has 0 unspecified atom stereocenters. The van der Waals surface area contributed by atoms with Crippen molar-refractivity contribution in [2.45, 2.75) is 13.5 Å². The lowest BCUT2D eigenvalue weighted by atomic mass is 10.1. The second-order valence-electron chi connectivity index (χ2n) is 3.72. The fourth-order valence-electron chi connectivity index (χ4n) is 1.64. The molecule has 1 N–H and O–H groups in total. The number of carbonyl (C=O) groups is 1. The number of fused-ring (bicyclic) bond motifs is 1. The summed E-state index contributed by atoms with van der Waals surface area (Å²) in [5.41, 5.74) is 1.91. The van der Waals surface area contributed by atoms with Crippen molar-refractivity contribution in [3.63, 3.8) is 0 Å². The average Bonchev–Trinajstić information content (AvgIpc) is 2.35. The summed E-state index contributed by atoms with van der Waals surface area (Å²) in [7, 11) is 0. The molecule has 0 radical (unpaired) electrons. The van der Waals surface area contributed by atoms with E-state index in [9.17, 15) is 4.79 Å². The summed E-state index contributed by atoms with van der Waals surface area (Å²) in [6, 6.07) is 5.22. The third kappa shape index (κ3) is 2.48. The third-order valence-electron chi connectivity index (χ3n) is 2.54. The van der Waals surface area contributed by atoms with Gasteiger partial charge >= 0.3 is 5.91 Å². The van der Waals surface area contributed by atoms with Crippen molar-refractivity contribution in [3.8, 4) is 17.6 Å². The number of nitrogens with zero attached hydrogens (tertiary/aromatic N) is 1. The lowest BCUT2D eigenvalue weighted by Gasteiger charge is -2.20. The number of hydrogen-bond acceptors (Lipinski definition) is 4. The topological polar surface area (TPSA) is 71.4 Å². The van der Waals surface area contributed by atoms with Crippen LogP contribution in [0.15, 0.2) is 12.1 Å². The predicted octanol–water partition coefficient (Wildman–Crippen LogP) is 0.906. The SMILES string of the molecule is Cc1cc2c(cc1CNC(=O)C#N)OCCO2. The molecule has 5 nitrogen and oxygen atoms in total. The molecule has 0 spiro atoms. The maximum atomic E-state index is 10.9. The van der Waals surface area contributed by atoms with E-state index in [1.807, 2.05) is 19.1 Å². The van der Waals surface area contributed by atoms with Crippen molar-refractivity contribution in [3.05, 3.63) is 23.3 Å². The minimum Gasteiger partial charge on any atom is -0.486 e. The third-order valence-corrected chi connectivity index (χ3v) is 2.54. The first kappa shape index (κ1) is 11.3. The number of hydrogen-bond donors (Lipinski definition) is 1. The average molecular weight is 232 g/mol. The monoisotopic (exact) mass is 232 g/mol. The lowest BCUT2D eigenvalue weighted by Crippen LogP contribution is -2.21. The summed E-state index contributed by atoms with van der Waals surface area (Å²) in [5.74, 6) is 0.770. The van der Waals surface area contributed by atoms with Crippen LogP contribution in [-0.2, 0) is 11.3 Å². The quantitative estimate of drug-likeness (QED) is 0.769. The van der Waals surface area contributed by atoms with Gasteiger partial charge in [0, 0.05) is 6.54 Å². The van der Waals surface area contributed by atoms with Crippen molar-refractivity contribution in [1.29, 1.82) is 5.26 Å². The molecule has 1 amide bonds. The number of amides is 1. The van der Waals surface area contributed by atoms with Crippen molar-refractivity contribution < 1.29 is 14.3 Å². The normalized spacial score (nSPS) is 12.7. The van der Waals surface area contributed by atoms with E-state index < -0.39 is 5.91 Å². The number of nitrogens with one attached hydrogen (secondary N) is 1. The Hall–Kier alpha value is -2.22. The van der Waals surface area contributed by atoms with E-state index in [0.717, 1.165) is 16.9 Å². The van der Waals surface area contributed by atoms with Gasteiger partial charge in [0.05, 0.1) is 0 Å². The van der Waals surface area contributed by atoms with E-state index in [2.05, 4.69) is 5.32 Å². The highest BCUT2D eigenvalue weighted by atomic mass is 16.6. The Morgan fingerprint density at radius 1 is 1.41 bits per heavy atom. The minimum absolute atomic E-state index is 0.314. The highest BCUT2D eigenvalue weighted by Crippen LogP contribution is 2.32. The Kier molecular flexibility index (Phi) is 3.15. The molecule has 1 aliphatic rings. The molecule has 1 aromatic carbocycles. The van der Waals surface area contributed by atoms with E-state index in [1.165, 1.54) is 6.07 Å². The zero-order valence-electron chi connectivity index (χ0n) is 9.45. The minimum atomic E-state index is -0.640. The molecular formula is C12H12N2O3. The number of carbonyl (C=O) groups excluding carboxylic acids is 1. The smallest absolute Gasteiger partial charge is 0.322 e. The van der Waals surface area contributed by atoms with Crippen molar-refractivity contribution in [2.24, 2.45) is 0 Å². The Labute approximate surface area is 98.9 Å². The number of nitriles is 1. The molecule has 0 saturated carbocycles. The van der Waals surface area contributed by atoms with E-state index >= 15 is 0 Å². The van der Waals surface area contributed by atoms with Gasteiger partial charge in [-0.15, -0.1) is 0 Å². The van der Waals surface area contributed by atoms with Crippen LogP contribution >= 0.6 is 0 Å². The van der Waals surface area contributed by atoms with Crippen molar-refractivity contribution in [1.82, 2.24) is 5.32 Å². The standard InChI is InChI=1S/C12H12N2O3/c1-8-4-10-11(17-3-2-16-10)5-9(8)7-14-12(15)6-13/h4-5H,2-3,7H2,1H3,(H,14,15). The highest BCUT2D eigenvalue weighted by molar-refractivity contribution is 5.91. The second kappa shape index (κ2) is 4.74. The highest BCUT2D eigenvalue weighted by Gasteiger charge is 2.14. The molecule has 88 valence electrons. The lowest BCUT2D eigenvalue weighted by molar-refractivity contribution is -0.116. The van der Waals surface area contributed by atoms with Gasteiger partial charge in [0.2, 0.25) is 0 Å². The Morgan fingerprint density at radius 2 is 2.06 bits per heavy atom. The van der Waals surface area contributed by atoms with Gasteiger partial charge in [-0.2, -0.15) is 5.26 Å². The predicted molar refractivity (Wildman–Crippen MR) is 59.6 cm³/mol. The number of rotatable bonds is 2. The number of benzene rings is 1. The van der Waals surface area contributed by atoms with Gasteiger partial charge in [-0.1, -0.05) is 0 Å². The van der Waals surface area contributed by atoms with Crippen LogP contribution in [0, 0.1) is 18.3 Å². The molecule has 2 rings (SSSR count). The summed E-state index contributed by atoms with van der Waals surface area (Å²) in [5, 5.41) is 10.9. The van der Waals surface area contributed by atoms with Crippen LogP contribution in [0.4, 0.5) is 0 Å². The summed E-state index contributed by atoms with van der Waals surface area (Å²) in [4.78, 5) is 10.9. The molecule has 0 atom stereocenters. The molecule has 1 aromatic rings. The van der Waals surface area contributed by atoms with Gasteiger partial charge in [0.15, 0.2) is 17.6 Å². The van der Waals surface area contributed by atoms with Gasteiger partial charge in [-0.05, 0) is 30.2 Å². The first-order chi connectivity index (χ1) is 8.20. The first-order valence-electron chi connectivity index (χ1n) is 5.28. The molecule has 1 aliphatic heterocycles. The first-order valence-corrected chi connectivity index (χ1v) is 5.28. The summed E-state index contributed by atoms with van der Waals surface area (Å²) < 4.78 is 10.9. The molecule has 5 heteroatoms. The van der Waals surface area contributed by atoms with E-state index in [0.29, 0.717) is 25.5 Å². The van der Waals surface area contributed by atoms with E-state index in [-0.39, 0.29) is 0 Å². The molecule has 0 bridgehead atoms.